The van der Waals surface area contributed by atoms with Gasteiger partial charge in [0.25, 0.3) is 0 Å². The van der Waals surface area contributed by atoms with Crippen molar-refractivity contribution in [3.8, 4) is 0 Å². The Morgan fingerprint density at radius 2 is 1.94 bits per heavy atom. The van der Waals surface area contributed by atoms with Crippen LogP contribution in [0.25, 0.3) is 0 Å². The first-order valence-corrected chi connectivity index (χ1v) is 7.50. The number of amides is 1. The second-order valence-electron chi connectivity index (χ2n) is 6.10. The number of carboxylic acid groups (broad SMARTS) is 1. The molecule has 1 rings (SSSR count). The summed E-state index contributed by atoms with van der Waals surface area (Å²) in [7, 11) is 0. The molecular weight excluding hydrogens is 250 g/mol. The normalized spacial score (nSPS) is 19.8. The van der Waals surface area contributed by atoms with Crippen molar-refractivity contribution in [3.63, 3.8) is 0 Å². The fraction of sp³-hybridized carbons (Fsp3) is 0.846. The van der Waals surface area contributed by atoms with E-state index in [2.05, 4.69) is 5.32 Å². The molecule has 0 saturated heterocycles. The summed E-state index contributed by atoms with van der Waals surface area (Å²) in [5.74, 6) is -2.40. The van der Waals surface area contributed by atoms with Gasteiger partial charge in [-0.15, -0.1) is 0 Å². The van der Waals surface area contributed by atoms with Gasteiger partial charge < -0.3 is 10.4 Å². The second-order valence-corrected chi connectivity index (χ2v) is 7.37. The van der Waals surface area contributed by atoms with Crippen LogP contribution in [0.4, 0.5) is 0 Å². The van der Waals surface area contributed by atoms with Crippen LogP contribution in [0.15, 0.2) is 0 Å². The van der Waals surface area contributed by atoms with Gasteiger partial charge in [0, 0.05) is 11.3 Å². The zero-order valence-corrected chi connectivity index (χ0v) is 12.4. The minimum Gasteiger partial charge on any atom is -0.481 e. The van der Waals surface area contributed by atoms with E-state index in [0.29, 0.717) is 6.54 Å². The maximum absolute atomic E-state index is 12.0. The van der Waals surface area contributed by atoms with Crippen molar-refractivity contribution in [2.24, 2.45) is 11.3 Å². The van der Waals surface area contributed by atoms with Gasteiger partial charge in [0.2, 0.25) is 5.91 Å². The number of hydrogen-bond donors (Lipinski definition) is 2. The van der Waals surface area contributed by atoms with Gasteiger partial charge in [-0.1, -0.05) is 27.2 Å². The maximum atomic E-state index is 12.0. The van der Waals surface area contributed by atoms with Crippen LogP contribution in [0.1, 0.15) is 40.0 Å². The number of thioether (sulfide) groups is 1. The van der Waals surface area contributed by atoms with E-state index in [0.717, 1.165) is 12.8 Å². The third-order valence-corrected chi connectivity index (χ3v) is 5.08. The Bertz CT molecular complexity index is 326. The number of hydrogen-bond acceptors (Lipinski definition) is 3. The number of carboxylic acids is 1. The third kappa shape index (κ3) is 3.40. The van der Waals surface area contributed by atoms with Crippen LogP contribution >= 0.6 is 11.8 Å². The molecule has 0 spiro atoms. The van der Waals surface area contributed by atoms with Crippen molar-refractivity contribution in [1.29, 1.82) is 0 Å². The summed E-state index contributed by atoms with van der Waals surface area (Å²) < 4.78 is 0.136. The average Bonchev–Trinajstić information content (AvgIpc) is 2.13. The first-order chi connectivity index (χ1) is 8.22. The van der Waals surface area contributed by atoms with E-state index in [1.807, 2.05) is 6.26 Å². The highest BCUT2D eigenvalue weighted by atomic mass is 32.2. The van der Waals surface area contributed by atoms with Gasteiger partial charge in [0.15, 0.2) is 0 Å². The van der Waals surface area contributed by atoms with Crippen LogP contribution in [-0.4, -0.2) is 34.5 Å². The molecule has 1 aliphatic carbocycles. The van der Waals surface area contributed by atoms with Crippen LogP contribution in [0, 0.1) is 11.3 Å². The van der Waals surface area contributed by atoms with Gasteiger partial charge >= 0.3 is 5.97 Å². The number of nitrogens with one attached hydrogen (secondary N) is 1. The summed E-state index contributed by atoms with van der Waals surface area (Å²) in [6.07, 6.45) is 5.44. The molecule has 1 fully saturated rings. The van der Waals surface area contributed by atoms with Crippen molar-refractivity contribution in [2.75, 3.05) is 12.8 Å². The quantitative estimate of drug-likeness (QED) is 0.753. The number of carbonyl (C=O) groups excluding carboxylic acids is 1. The van der Waals surface area contributed by atoms with E-state index < -0.39 is 17.3 Å². The van der Waals surface area contributed by atoms with Gasteiger partial charge in [0.05, 0.1) is 0 Å². The van der Waals surface area contributed by atoms with E-state index in [9.17, 15) is 14.7 Å². The summed E-state index contributed by atoms with van der Waals surface area (Å²) in [5.41, 5.74) is -0.567. The molecule has 0 aromatic heterocycles. The van der Waals surface area contributed by atoms with Crippen molar-refractivity contribution < 1.29 is 14.7 Å². The molecule has 1 saturated carbocycles. The fourth-order valence-electron chi connectivity index (χ4n) is 2.25. The molecule has 5 heteroatoms. The van der Waals surface area contributed by atoms with E-state index in [4.69, 9.17) is 0 Å². The molecule has 0 aliphatic heterocycles. The number of carbonyl (C=O) groups is 2. The zero-order chi connectivity index (χ0) is 14.0. The molecule has 0 bridgehead atoms. The lowest BCUT2D eigenvalue weighted by Gasteiger charge is -2.41. The summed E-state index contributed by atoms with van der Waals surface area (Å²) in [4.78, 5) is 23.2. The topological polar surface area (TPSA) is 66.4 Å². The molecule has 0 aromatic carbocycles. The standard InChI is InChI=1S/C13H23NO3S/c1-12(2,3)9(11(16)17)10(15)14-8-13(18-4)6-5-7-13/h9H,5-8H2,1-4H3,(H,14,15)(H,16,17). The van der Waals surface area contributed by atoms with Crippen molar-refractivity contribution in [2.45, 2.75) is 44.8 Å². The van der Waals surface area contributed by atoms with E-state index in [1.54, 1.807) is 32.5 Å². The summed E-state index contributed by atoms with van der Waals surface area (Å²) in [6.45, 7) is 5.91. The lowest BCUT2D eigenvalue weighted by Crippen LogP contribution is -2.49. The largest absolute Gasteiger partial charge is 0.481 e. The van der Waals surface area contributed by atoms with Crippen LogP contribution in [0.5, 0.6) is 0 Å². The van der Waals surface area contributed by atoms with Gasteiger partial charge in [-0.3, -0.25) is 9.59 Å². The SMILES string of the molecule is CSC1(CNC(=O)C(C(=O)O)C(C)(C)C)CCC1. The van der Waals surface area contributed by atoms with Crippen molar-refractivity contribution in [3.05, 3.63) is 0 Å². The van der Waals surface area contributed by atoms with Crippen LogP contribution < -0.4 is 5.32 Å². The van der Waals surface area contributed by atoms with Crippen LogP contribution in [-0.2, 0) is 9.59 Å². The summed E-state index contributed by atoms with van der Waals surface area (Å²) in [5, 5.41) is 12.0. The second kappa shape index (κ2) is 5.51. The first-order valence-electron chi connectivity index (χ1n) is 6.27. The average molecular weight is 273 g/mol. The van der Waals surface area contributed by atoms with E-state index in [1.165, 1.54) is 6.42 Å². The molecule has 0 radical (unpaired) electrons. The molecule has 1 amide bonds. The van der Waals surface area contributed by atoms with Crippen molar-refractivity contribution >= 4 is 23.6 Å². The van der Waals surface area contributed by atoms with Gasteiger partial charge in [-0.2, -0.15) is 11.8 Å². The Kier molecular flexibility index (Phi) is 4.70. The highest BCUT2D eigenvalue weighted by Gasteiger charge is 2.40. The lowest BCUT2D eigenvalue weighted by atomic mass is 9.79. The molecular formula is C13H23NO3S. The Balaban J connectivity index is 2.60. The minimum atomic E-state index is -1.05. The van der Waals surface area contributed by atoms with Gasteiger partial charge in [-0.05, 0) is 24.5 Å². The third-order valence-electron chi connectivity index (χ3n) is 3.66. The van der Waals surface area contributed by atoms with Crippen LogP contribution in [0.2, 0.25) is 0 Å². The Hall–Kier alpha value is -0.710. The molecule has 2 N–H and O–H groups in total. The highest BCUT2D eigenvalue weighted by Crippen LogP contribution is 2.42. The molecule has 18 heavy (non-hydrogen) atoms. The smallest absolute Gasteiger partial charge is 0.316 e. The molecule has 104 valence electrons. The first kappa shape index (κ1) is 15.3. The fourth-order valence-corrected chi connectivity index (χ4v) is 3.16. The summed E-state index contributed by atoms with van der Waals surface area (Å²) >= 11 is 1.77. The van der Waals surface area contributed by atoms with Gasteiger partial charge in [-0.25, -0.2) is 0 Å². The van der Waals surface area contributed by atoms with Crippen molar-refractivity contribution in [1.82, 2.24) is 5.32 Å². The molecule has 0 aromatic rings. The van der Waals surface area contributed by atoms with Crippen LogP contribution in [0.3, 0.4) is 0 Å². The lowest BCUT2D eigenvalue weighted by molar-refractivity contribution is -0.151. The number of aliphatic carboxylic acids is 1. The molecule has 1 atom stereocenters. The predicted octanol–water partition coefficient (Wildman–Crippen LogP) is 2.14. The Morgan fingerprint density at radius 1 is 1.39 bits per heavy atom. The molecule has 4 nitrogen and oxygen atoms in total. The molecule has 0 heterocycles. The maximum Gasteiger partial charge on any atom is 0.316 e. The zero-order valence-electron chi connectivity index (χ0n) is 11.6. The van der Waals surface area contributed by atoms with E-state index in [-0.39, 0.29) is 10.7 Å². The number of rotatable bonds is 5. The molecule has 1 aliphatic rings. The Morgan fingerprint density at radius 3 is 2.22 bits per heavy atom. The highest BCUT2D eigenvalue weighted by molar-refractivity contribution is 8.00. The van der Waals surface area contributed by atoms with Gasteiger partial charge in [0.1, 0.15) is 5.92 Å². The monoisotopic (exact) mass is 273 g/mol. The Labute approximate surface area is 113 Å². The van der Waals surface area contributed by atoms with E-state index >= 15 is 0 Å². The summed E-state index contributed by atoms with van der Waals surface area (Å²) in [6, 6.07) is 0. The predicted molar refractivity (Wildman–Crippen MR) is 73.7 cm³/mol. The molecule has 1 unspecified atom stereocenters. The minimum absolute atomic E-state index is 0.136.